The molecule has 0 saturated carbocycles. The quantitative estimate of drug-likeness (QED) is 0.554. The van der Waals surface area contributed by atoms with Crippen LogP contribution in [0.4, 0.5) is 5.69 Å². The molecule has 3 aromatic rings. The van der Waals surface area contributed by atoms with Gasteiger partial charge in [0.1, 0.15) is 18.5 Å². The molecule has 2 aromatic carbocycles. The first-order valence-electron chi connectivity index (χ1n) is 10.5. The Morgan fingerprint density at radius 2 is 2.03 bits per heavy atom. The third-order valence-electron chi connectivity index (χ3n) is 5.65. The zero-order chi connectivity index (χ0) is 23.4. The van der Waals surface area contributed by atoms with E-state index in [0.29, 0.717) is 23.5 Å². The van der Waals surface area contributed by atoms with E-state index >= 15 is 0 Å². The number of aliphatic hydroxyl groups excluding tert-OH is 1. The molecule has 0 bridgehead atoms. The van der Waals surface area contributed by atoms with E-state index in [4.69, 9.17) is 9.47 Å². The number of amides is 2. The molecule has 1 aromatic heterocycles. The Labute approximate surface area is 195 Å². The molecule has 9 heteroatoms. The lowest BCUT2D eigenvalue weighted by atomic mass is 9.99. The van der Waals surface area contributed by atoms with Crippen molar-refractivity contribution in [2.45, 2.75) is 25.6 Å². The minimum absolute atomic E-state index is 0.0642. The first-order chi connectivity index (χ1) is 16.0. The lowest BCUT2D eigenvalue weighted by Crippen LogP contribution is -2.52. The summed E-state index contributed by atoms with van der Waals surface area (Å²) in [6.45, 7) is 1.99. The first kappa shape index (κ1) is 22.9. The Morgan fingerprint density at radius 1 is 1.27 bits per heavy atom. The summed E-state index contributed by atoms with van der Waals surface area (Å²) in [6.07, 6.45) is -0.486. The number of para-hydroxylation sites is 1. The van der Waals surface area contributed by atoms with E-state index in [1.54, 1.807) is 46.8 Å². The molecule has 2 heterocycles. The van der Waals surface area contributed by atoms with Crippen LogP contribution in [-0.4, -0.2) is 53.2 Å². The third kappa shape index (κ3) is 4.90. The first-order valence-corrected chi connectivity index (χ1v) is 11.3. The van der Waals surface area contributed by atoms with E-state index in [2.05, 4.69) is 10.3 Å². The number of carbonyl (C=O) groups excluding carboxylic acids is 2. The molecule has 4 rings (SSSR count). The monoisotopic (exact) mass is 467 g/mol. The fourth-order valence-corrected chi connectivity index (χ4v) is 4.62. The molecule has 8 nitrogen and oxygen atoms in total. The van der Waals surface area contributed by atoms with Crippen molar-refractivity contribution in [3.63, 3.8) is 0 Å². The van der Waals surface area contributed by atoms with Crippen molar-refractivity contribution < 1.29 is 24.2 Å². The maximum Gasteiger partial charge on any atom is 0.259 e. The molecule has 2 unspecified atom stereocenters. The number of methoxy groups -OCH3 is 1. The van der Waals surface area contributed by atoms with Gasteiger partial charge in [0.2, 0.25) is 5.91 Å². The number of ether oxygens (including phenoxy) is 2. The van der Waals surface area contributed by atoms with E-state index in [1.165, 1.54) is 18.4 Å². The van der Waals surface area contributed by atoms with Gasteiger partial charge in [-0.05, 0) is 36.8 Å². The topological polar surface area (TPSA) is 101 Å². The number of hydrogen-bond acceptors (Lipinski definition) is 7. The highest BCUT2D eigenvalue weighted by atomic mass is 32.1. The van der Waals surface area contributed by atoms with Crippen molar-refractivity contribution in [1.82, 2.24) is 9.88 Å². The Bertz CT molecular complexity index is 1130. The van der Waals surface area contributed by atoms with Gasteiger partial charge < -0.3 is 24.8 Å². The number of aromatic nitrogens is 1. The molecular formula is C24H25N3O5S. The van der Waals surface area contributed by atoms with Gasteiger partial charge in [0, 0.05) is 10.6 Å². The number of thiazole rings is 1. The number of nitrogens with one attached hydrogen (secondary N) is 1. The molecule has 0 spiro atoms. The van der Waals surface area contributed by atoms with Crippen molar-refractivity contribution in [3.8, 4) is 5.75 Å². The van der Waals surface area contributed by atoms with Crippen molar-refractivity contribution in [2.75, 3.05) is 25.6 Å². The standard InChI is InChI=1S/C24H25N3O5S/c1-15-21(33-14-25-15)11-27-19(12-28)23(32-13-22(27)29)16-7-9-17(10-8-16)26-24(30)18-5-3-4-6-20(18)31-2/h3-10,14,19,23,28H,11-13H2,1-2H3,(H,26,30). The molecule has 0 radical (unpaired) electrons. The minimum Gasteiger partial charge on any atom is -0.496 e. The summed E-state index contributed by atoms with van der Waals surface area (Å²) >= 11 is 1.49. The van der Waals surface area contributed by atoms with Crippen LogP contribution in [0.5, 0.6) is 5.75 Å². The van der Waals surface area contributed by atoms with Crippen LogP contribution >= 0.6 is 11.3 Å². The zero-order valence-corrected chi connectivity index (χ0v) is 19.2. The average molecular weight is 468 g/mol. The van der Waals surface area contributed by atoms with Gasteiger partial charge in [-0.15, -0.1) is 11.3 Å². The van der Waals surface area contributed by atoms with Crippen LogP contribution in [0.15, 0.2) is 54.0 Å². The van der Waals surface area contributed by atoms with E-state index in [1.807, 2.05) is 19.1 Å². The summed E-state index contributed by atoms with van der Waals surface area (Å²) in [6, 6.07) is 13.7. The molecule has 2 amide bonds. The highest BCUT2D eigenvalue weighted by molar-refractivity contribution is 7.09. The van der Waals surface area contributed by atoms with E-state index in [-0.39, 0.29) is 25.0 Å². The fourth-order valence-electron chi connectivity index (χ4n) is 3.84. The Balaban J connectivity index is 1.49. The number of aliphatic hydroxyl groups is 1. The van der Waals surface area contributed by atoms with Crippen LogP contribution in [0.3, 0.4) is 0 Å². The molecule has 1 aliphatic rings. The molecule has 172 valence electrons. The van der Waals surface area contributed by atoms with Crippen molar-refractivity contribution >= 4 is 28.8 Å². The van der Waals surface area contributed by atoms with Crippen LogP contribution in [0.25, 0.3) is 0 Å². The van der Waals surface area contributed by atoms with Gasteiger partial charge in [-0.1, -0.05) is 24.3 Å². The second-order valence-electron chi connectivity index (χ2n) is 7.64. The molecule has 33 heavy (non-hydrogen) atoms. The maximum atomic E-state index is 12.6. The third-order valence-corrected chi connectivity index (χ3v) is 6.57. The van der Waals surface area contributed by atoms with Crippen LogP contribution in [0, 0.1) is 6.92 Å². The smallest absolute Gasteiger partial charge is 0.259 e. The van der Waals surface area contributed by atoms with E-state index in [9.17, 15) is 14.7 Å². The Kier molecular flexibility index (Phi) is 7.02. The van der Waals surface area contributed by atoms with Gasteiger partial charge in [0.05, 0.1) is 43.1 Å². The predicted molar refractivity (Wildman–Crippen MR) is 124 cm³/mol. The van der Waals surface area contributed by atoms with E-state index < -0.39 is 12.1 Å². The van der Waals surface area contributed by atoms with Crippen molar-refractivity contribution in [3.05, 3.63) is 75.7 Å². The summed E-state index contributed by atoms with van der Waals surface area (Å²) in [5.74, 6) is 0.0480. The lowest BCUT2D eigenvalue weighted by molar-refractivity contribution is -0.161. The number of hydrogen-bond donors (Lipinski definition) is 2. The number of rotatable bonds is 7. The van der Waals surface area contributed by atoms with Gasteiger partial charge in [-0.2, -0.15) is 0 Å². The minimum atomic E-state index is -0.526. The van der Waals surface area contributed by atoms with Gasteiger partial charge in [-0.25, -0.2) is 4.98 Å². The predicted octanol–water partition coefficient (Wildman–Crippen LogP) is 3.17. The highest BCUT2D eigenvalue weighted by Crippen LogP contribution is 2.32. The number of nitrogens with zero attached hydrogens (tertiary/aromatic N) is 2. The van der Waals surface area contributed by atoms with Crippen LogP contribution in [0.1, 0.15) is 32.6 Å². The maximum absolute atomic E-state index is 12.6. The Hall–Kier alpha value is -3.27. The normalized spacial score (nSPS) is 18.3. The molecule has 2 N–H and O–H groups in total. The molecule has 1 aliphatic heterocycles. The van der Waals surface area contributed by atoms with Crippen molar-refractivity contribution in [2.24, 2.45) is 0 Å². The number of carbonyl (C=O) groups is 2. The summed E-state index contributed by atoms with van der Waals surface area (Å²) in [7, 11) is 1.52. The highest BCUT2D eigenvalue weighted by Gasteiger charge is 2.37. The molecule has 2 atom stereocenters. The number of morpholine rings is 1. The van der Waals surface area contributed by atoms with Gasteiger partial charge >= 0.3 is 0 Å². The summed E-state index contributed by atoms with van der Waals surface area (Å²) < 4.78 is 11.1. The van der Waals surface area contributed by atoms with Crippen molar-refractivity contribution in [1.29, 1.82) is 0 Å². The lowest BCUT2D eigenvalue weighted by Gasteiger charge is -2.40. The number of benzene rings is 2. The molecule has 1 saturated heterocycles. The van der Waals surface area contributed by atoms with Crippen LogP contribution in [-0.2, 0) is 16.1 Å². The average Bonchev–Trinajstić information content (AvgIpc) is 3.25. The fraction of sp³-hybridized carbons (Fsp3) is 0.292. The number of aryl methyl sites for hydroxylation is 1. The van der Waals surface area contributed by atoms with Crippen LogP contribution < -0.4 is 10.1 Å². The van der Waals surface area contributed by atoms with Gasteiger partial charge in [-0.3, -0.25) is 9.59 Å². The summed E-state index contributed by atoms with van der Waals surface area (Å²) in [4.78, 5) is 32.1. The Morgan fingerprint density at radius 3 is 2.70 bits per heavy atom. The SMILES string of the molecule is COc1ccccc1C(=O)Nc1ccc(C2OCC(=O)N(Cc3scnc3C)C2CO)cc1. The second-order valence-corrected chi connectivity index (χ2v) is 8.58. The van der Waals surface area contributed by atoms with E-state index in [0.717, 1.165) is 16.1 Å². The molecule has 1 fully saturated rings. The molecule has 0 aliphatic carbocycles. The van der Waals surface area contributed by atoms with Gasteiger partial charge in [0.25, 0.3) is 5.91 Å². The summed E-state index contributed by atoms with van der Waals surface area (Å²) in [5, 5.41) is 13.0. The van der Waals surface area contributed by atoms with Crippen LogP contribution in [0.2, 0.25) is 0 Å². The molecular weight excluding hydrogens is 442 g/mol. The zero-order valence-electron chi connectivity index (χ0n) is 18.4. The summed E-state index contributed by atoms with van der Waals surface area (Å²) in [5.41, 5.74) is 4.48. The number of anilines is 1. The largest absolute Gasteiger partial charge is 0.496 e. The van der Waals surface area contributed by atoms with Gasteiger partial charge in [0.15, 0.2) is 0 Å². The second kappa shape index (κ2) is 10.1.